The van der Waals surface area contributed by atoms with E-state index in [0.717, 1.165) is 12.1 Å². The molecule has 0 amide bonds. The Morgan fingerprint density at radius 2 is 1.78 bits per heavy atom. The summed E-state index contributed by atoms with van der Waals surface area (Å²) in [6.07, 6.45) is -4.51. The Morgan fingerprint density at radius 3 is 2.48 bits per heavy atom. The van der Waals surface area contributed by atoms with Crippen molar-refractivity contribution in [2.24, 2.45) is 4.40 Å². The van der Waals surface area contributed by atoms with Gasteiger partial charge in [0.2, 0.25) is 0 Å². The predicted octanol–water partition coefficient (Wildman–Crippen LogP) is 4.03. The summed E-state index contributed by atoms with van der Waals surface area (Å²) in [5.74, 6) is -0.00757. The van der Waals surface area contributed by atoms with Gasteiger partial charge in [0.1, 0.15) is 4.90 Å². The lowest BCUT2D eigenvalue weighted by Gasteiger charge is -2.11. The van der Waals surface area contributed by atoms with Gasteiger partial charge in [-0.15, -0.1) is 4.40 Å². The van der Waals surface area contributed by atoms with Gasteiger partial charge >= 0.3 is 6.18 Å². The van der Waals surface area contributed by atoms with Gasteiger partial charge in [-0.25, -0.2) is 0 Å². The molecule has 23 heavy (non-hydrogen) atoms. The fourth-order valence-corrected chi connectivity index (χ4v) is 3.83. The highest BCUT2D eigenvalue weighted by molar-refractivity contribution is 9.10. The maximum atomic E-state index is 12.8. The molecule has 0 spiro atoms. The van der Waals surface area contributed by atoms with Crippen molar-refractivity contribution in [3.8, 4) is 0 Å². The number of fused-ring (bicyclic) bond motifs is 1. The Morgan fingerprint density at radius 1 is 1.09 bits per heavy atom. The highest BCUT2D eigenvalue weighted by Gasteiger charge is 2.32. The SMILES string of the molecule is O=S1(=O)N=C(Nc2cc(Br)cc(C(F)(F)F)c2)c2ccccc21. The molecule has 0 bridgehead atoms. The smallest absolute Gasteiger partial charge is 0.339 e. The quantitative estimate of drug-likeness (QED) is 0.780. The third kappa shape index (κ3) is 3.11. The topological polar surface area (TPSA) is 58.5 Å². The predicted molar refractivity (Wildman–Crippen MR) is 82.9 cm³/mol. The number of nitrogens with one attached hydrogen (secondary N) is 1. The van der Waals surface area contributed by atoms with Crippen LogP contribution in [-0.2, 0) is 16.2 Å². The van der Waals surface area contributed by atoms with Gasteiger partial charge in [-0.1, -0.05) is 28.1 Å². The number of amidine groups is 1. The van der Waals surface area contributed by atoms with E-state index in [1.807, 2.05) is 0 Å². The second kappa shape index (κ2) is 5.34. The number of rotatable bonds is 1. The molecular weight excluding hydrogens is 397 g/mol. The van der Waals surface area contributed by atoms with Gasteiger partial charge in [0.15, 0.2) is 5.84 Å². The fourth-order valence-electron chi connectivity index (χ4n) is 2.16. The maximum absolute atomic E-state index is 12.8. The first kappa shape index (κ1) is 16.0. The summed E-state index contributed by atoms with van der Waals surface area (Å²) in [5, 5.41) is 2.65. The molecule has 3 rings (SSSR count). The number of alkyl halides is 3. The van der Waals surface area contributed by atoms with E-state index in [-0.39, 0.29) is 20.9 Å². The van der Waals surface area contributed by atoms with Crippen molar-refractivity contribution in [1.82, 2.24) is 0 Å². The molecule has 0 atom stereocenters. The molecule has 2 aromatic rings. The lowest BCUT2D eigenvalue weighted by Crippen LogP contribution is -2.13. The van der Waals surface area contributed by atoms with Gasteiger partial charge in [-0.3, -0.25) is 0 Å². The molecule has 0 unspecified atom stereocenters. The zero-order chi connectivity index (χ0) is 16.8. The summed E-state index contributed by atoms with van der Waals surface area (Å²) < 4.78 is 66.2. The maximum Gasteiger partial charge on any atom is 0.416 e. The monoisotopic (exact) mass is 404 g/mol. The van der Waals surface area contributed by atoms with E-state index < -0.39 is 21.8 Å². The van der Waals surface area contributed by atoms with E-state index in [4.69, 9.17) is 0 Å². The van der Waals surface area contributed by atoms with E-state index in [9.17, 15) is 21.6 Å². The van der Waals surface area contributed by atoms with Crippen LogP contribution in [0.2, 0.25) is 0 Å². The van der Waals surface area contributed by atoms with Crippen molar-refractivity contribution >= 4 is 37.5 Å². The van der Waals surface area contributed by atoms with Crippen LogP contribution in [0, 0.1) is 0 Å². The summed E-state index contributed by atoms with van der Waals surface area (Å²) in [4.78, 5) is 0.0218. The minimum Gasteiger partial charge on any atom is -0.339 e. The number of halogens is 4. The molecule has 1 aliphatic heterocycles. The average Bonchev–Trinajstić information content (AvgIpc) is 2.69. The Kier molecular flexibility index (Phi) is 3.72. The molecule has 1 N–H and O–H groups in total. The van der Waals surface area contributed by atoms with E-state index in [2.05, 4.69) is 25.6 Å². The Balaban J connectivity index is 2.03. The van der Waals surface area contributed by atoms with Crippen LogP contribution in [0.4, 0.5) is 18.9 Å². The number of nitrogens with zero attached hydrogens (tertiary/aromatic N) is 1. The van der Waals surface area contributed by atoms with Crippen LogP contribution in [-0.4, -0.2) is 14.3 Å². The first-order valence-corrected chi connectivity index (χ1v) is 8.49. The first-order chi connectivity index (χ1) is 10.7. The second-order valence-electron chi connectivity index (χ2n) is 4.76. The highest BCUT2D eigenvalue weighted by atomic mass is 79.9. The molecule has 4 nitrogen and oxygen atoms in total. The van der Waals surface area contributed by atoms with E-state index in [0.29, 0.717) is 5.56 Å². The third-order valence-corrected chi connectivity index (χ3v) is 4.91. The molecule has 0 saturated carbocycles. The van der Waals surface area contributed by atoms with E-state index >= 15 is 0 Å². The molecule has 0 aliphatic carbocycles. The summed E-state index contributed by atoms with van der Waals surface area (Å²) in [6.45, 7) is 0. The Labute approximate surface area is 138 Å². The van der Waals surface area contributed by atoms with Crippen LogP contribution in [0.3, 0.4) is 0 Å². The Hall–Kier alpha value is -1.87. The summed E-state index contributed by atoms with van der Waals surface area (Å²) >= 11 is 3.01. The summed E-state index contributed by atoms with van der Waals surface area (Å²) in [7, 11) is -3.83. The van der Waals surface area contributed by atoms with Crippen molar-refractivity contribution in [2.75, 3.05) is 5.32 Å². The zero-order valence-electron chi connectivity index (χ0n) is 11.2. The van der Waals surface area contributed by atoms with E-state index in [1.165, 1.54) is 18.2 Å². The van der Waals surface area contributed by atoms with Crippen molar-refractivity contribution in [1.29, 1.82) is 0 Å². The molecule has 2 aromatic carbocycles. The normalized spacial score (nSPS) is 15.9. The summed E-state index contributed by atoms with van der Waals surface area (Å²) in [6, 6.07) is 9.34. The standard InChI is InChI=1S/C14H8BrF3N2O2S/c15-9-5-8(14(16,17)18)6-10(7-9)19-13-11-3-1-2-4-12(11)23(21,22)20-13/h1-7H,(H,19,20). The molecule has 0 aromatic heterocycles. The fraction of sp³-hybridized carbons (Fsp3) is 0.0714. The third-order valence-electron chi connectivity index (χ3n) is 3.12. The molecule has 0 radical (unpaired) electrons. The largest absolute Gasteiger partial charge is 0.416 e. The molecule has 1 aliphatic rings. The number of anilines is 1. The van der Waals surface area contributed by atoms with Crippen molar-refractivity contribution in [3.05, 3.63) is 58.1 Å². The molecule has 0 fully saturated rings. The highest BCUT2D eigenvalue weighted by Crippen LogP contribution is 2.34. The van der Waals surface area contributed by atoms with E-state index in [1.54, 1.807) is 12.1 Å². The Bertz CT molecular complexity index is 924. The van der Waals surface area contributed by atoms with Crippen LogP contribution < -0.4 is 5.32 Å². The first-order valence-electron chi connectivity index (χ1n) is 6.26. The van der Waals surface area contributed by atoms with Crippen LogP contribution in [0.1, 0.15) is 11.1 Å². The second-order valence-corrected chi connectivity index (χ2v) is 7.25. The molecular formula is C14H8BrF3N2O2S. The molecule has 120 valence electrons. The number of hydrogen-bond donors (Lipinski definition) is 1. The summed E-state index contributed by atoms with van der Waals surface area (Å²) in [5.41, 5.74) is -0.456. The van der Waals surface area contributed by atoms with Gasteiger partial charge in [-0.05, 0) is 30.3 Å². The molecule has 0 saturated heterocycles. The minimum absolute atomic E-state index is 0.00757. The van der Waals surface area contributed by atoms with Crippen molar-refractivity contribution < 1.29 is 21.6 Å². The van der Waals surface area contributed by atoms with Gasteiger partial charge in [0, 0.05) is 15.7 Å². The number of sulfonamides is 1. The van der Waals surface area contributed by atoms with Crippen LogP contribution in [0.25, 0.3) is 0 Å². The zero-order valence-corrected chi connectivity index (χ0v) is 13.6. The number of benzene rings is 2. The van der Waals surface area contributed by atoms with Crippen molar-refractivity contribution in [2.45, 2.75) is 11.1 Å². The van der Waals surface area contributed by atoms with Crippen LogP contribution >= 0.6 is 15.9 Å². The molecule has 9 heteroatoms. The van der Waals surface area contributed by atoms with Gasteiger partial charge in [0.25, 0.3) is 10.0 Å². The molecule has 1 heterocycles. The van der Waals surface area contributed by atoms with Crippen molar-refractivity contribution in [3.63, 3.8) is 0 Å². The van der Waals surface area contributed by atoms with Crippen LogP contribution in [0.15, 0.2) is 56.2 Å². The average molecular weight is 405 g/mol. The van der Waals surface area contributed by atoms with Gasteiger partial charge in [0.05, 0.1) is 5.56 Å². The van der Waals surface area contributed by atoms with Gasteiger partial charge < -0.3 is 5.32 Å². The lowest BCUT2D eigenvalue weighted by molar-refractivity contribution is -0.137. The number of hydrogen-bond acceptors (Lipinski definition) is 3. The lowest BCUT2D eigenvalue weighted by atomic mass is 10.1. The minimum atomic E-state index is -4.51. The van der Waals surface area contributed by atoms with Crippen LogP contribution in [0.5, 0.6) is 0 Å². The van der Waals surface area contributed by atoms with Gasteiger partial charge in [-0.2, -0.15) is 21.6 Å².